The van der Waals surface area contributed by atoms with E-state index in [0.29, 0.717) is 0 Å². The number of benzene rings is 1. The Bertz CT molecular complexity index is 1500. The van der Waals surface area contributed by atoms with E-state index in [-0.39, 0.29) is 41.3 Å². The fourth-order valence-corrected chi connectivity index (χ4v) is 4.57. The van der Waals surface area contributed by atoms with Gasteiger partial charge in [-0.2, -0.15) is 4.80 Å². The van der Waals surface area contributed by atoms with Crippen molar-refractivity contribution >= 4 is 38.4 Å². The number of thiophene rings is 1. The first kappa shape index (κ1) is 20.0. The largest absolute Gasteiger partial charge is 0.442 e. The van der Waals surface area contributed by atoms with Gasteiger partial charge < -0.3 is 15.3 Å². The molecule has 5 rings (SSSR count). The van der Waals surface area contributed by atoms with Gasteiger partial charge in [0.15, 0.2) is 5.82 Å². The third-order valence-electron chi connectivity index (χ3n) is 5.02. The highest BCUT2D eigenvalue weighted by atomic mass is 32.1. The summed E-state index contributed by atoms with van der Waals surface area (Å²) in [5.74, 6) is -0.288. The lowest BCUT2D eigenvalue weighted by Crippen LogP contribution is -2.24. The molecule has 1 aromatic carbocycles. The standard InChI is InChI=1S/C20H17N7O4S/c1-10-16(18(21)29)17-19(31-10)22-9-26(20(17)30)8-15-23-25-27(24-15)7-12(28)14-6-11-4-2-3-5-13(11)32-14/h2-6,9,12,28H,7-8H2,1H3,(H2,21,29)/t12-/m0/s1. The molecule has 0 saturated carbocycles. The van der Waals surface area contributed by atoms with Crippen LogP contribution >= 0.6 is 11.3 Å². The third-order valence-corrected chi connectivity index (χ3v) is 6.23. The number of aliphatic hydroxyl groups excluding tert-OH is 1. The van der Waals surface area contributed by atoms with Crippen LogP contribution in [0.2, 0.25) is 0 Å². The number of amides is 1. The summed E-state index contributed by atoms with van der Waals surface area (Å²) in [6, 6.07) is 9.82. The number of aryl methyl sites for hydroxylation is 1. The number of carbonyl (C=O) groups is 1. The van der Waals surface area contributed by atoms with Gasteiger partial charge in [0.1, 0.15) is 23.6 Å². The SMILES string of the molecule is Cc1oc2ncn(Cc3nnn(C[C@H](O)c4cc5ccccc5s4)n3)c(=O)c2c1C(N)=O. The van der Waals surface area contributed by atoms with Crippen LogP contribution in [0.3, 0.4) is 0 Å². The Kier molecular flexibility index (Phi) is 4.79. The zero-order valence-electron chi connectivity index (χ0n) is 16.8. The maximum absolute atomic E-state index is 12.9. The number of carbonyl (C=O) groups excluding carboxylic acids is 1. The van der Waals surface area contributed by atoms with Gasteiger partial charge in [-0.3, -0.25) is 14.2 Å². The molecule has 1 atom stereocenters. The van der Waals surface area contributed by atoms with Crippen LogP contribution in [0, 0.1) is 6.92 Å². The second-order valence-corrected chi connectivity index (χ2v) is 8.33. The minimum atomic E-state index is -0.804. The lowest BCUT2D eigenvalue weighted by atomic mass is 10.2. The van der Waals surface area contributed by atoms with Crippen molar-refractivity contribution in [1.82, 2.24) is 29.8 Å². The molecule has 0 aliphatic heterocycles. The molecule has 0 bridgehead atoms. The van der Waals surface area contributed by atoms with E-state index >= 15 is 0 Å². The van der Waals surface area contributed by atoms with Crippen molar-refractivity contribution in [2.45, 2.75) is 26.1 Å². The van der Waals surface area contributed by atoms with Gasteiger partial charge in [0.25, 0.3) is 11.5 Å². The number of primary amides is 1. The maximum Gasteiger partial charge on any atom is 0.265 e. The van der Waals surface area contributed by atoms with Gasteiger partial charge in [0.05, 0.1) is 18.7 Å². The zero-order valence-corrected chi connectivity index (χ0v) is 17.6. The Morgan fingerprint density at radius 1 is 1.34 bits per heavy atom. The van der Waals surface area contributed by atoms with Crippen LogP contribution in [0.15, 0.2) is 45.9 Å². The van der Waals surface area contributed by atoms with E-state index in [2.05, 4.69) is 20.4 Å². The van der Waals surface area contributed by atoms with E-state index in [1.807, 2.05) is 30.3 Å². The summed E-state index contributed by atoms with van der Waals surface area (Å²) in [6.07, 6.45) is 0.479. The van der Waals surface area contributed by atoms with Gasteiger partial charge in [0.2, 0.25) is 5.71 Å². The molecule has 0 radical (unpaired) electrons. The number of tetrazole rings is 1. The number of rotatable bonds is 6. The quantitative estimate of drug-likeness (QED) is 0.392. The van der Waals surface area contributed by atoms with Gasteiger partial charge in [-0.1, -0.05) is 18.2 Å². The normalized spacial score (nSPS) is 12.6. The highest BCUT2D eigenvalue weighted by molar-refractivity contribution is 7.19. The van der Waals surface area contributed by atoms with E-state index in [4.69, 9.17) is 10.2 Å². The van der Waals surface area contributed by atoms with E-state index < -0.39 is 17.6 Å². The highest BCUT2D eigenvalue weighted by Crippen LogP contribution is 2.30. The second kappa shape index (κ2) is 7.66. The number of hydrogen-bond acceptors (Lipinski definition) is 9. The number of furan rings is 1. The molecule has 0 unspecified atom stereocenters. The fraction of sp³-hybridized carbons (Fsp3) is 0.200. The van der Waals surface area contributed by atoms with Crippen molar-refractivity contribution in [3.63, 3.8) is 0 Å². The Morgan fingerprint density at radius 3 is 2.94 bits per heavy atom. The lowest BCUT2D eigenvalue weighted by Gasteiger charge is -2.06. The summed E-state index contributed by atoms with van der Waals surface area (Å²) in [6.45, 7) is 1.63. The number of aromatic nitrogens is 6. The van der Waals surface area contributed by atoms with Crippen LogP contribution in [-0.4, -0.2) is 40.8 Å². The minimum absolute atomic E-state index is 0.00919. The Balaban J connectivity index is 1.37. The Morgan fingerprint density at radius 2 is 2.16 bits per heavy atom. The van der Waals surface area contributed by atoms with Crippen molar-refractivity contribution in [3.8, 4) is 0 Å². The molecule has 4 heterocycles. The summed E-state index contributed by atoms with van der Waals surface area (Å²) < 4.78 is 7.69. The van der Waals surface area contributed by atoms with Crippen LogP contribution in [0.4, 0.5) is 0 Å². The number of nitrogens with zero attached hydrogens (tertiary/aromatic N) is 6. The van der Waals surface area contributed by atoms with Crippen LogP contribution < -0.4 is 11.3 Å². The van der Waals surface area contributed by atoms with Crippen LogP contribution in [0.5, 0.6) is 0 Å². The molecular formula is C20H17N7O4S. The molecule has 11 nitrogen and oxygen atoms in total. The summed E-state index contributed by atoms with van der Waals surface area (Å²) in [5.41, 5.74) is 4.94. The summed E-state index contributed by atoms with van der Waals surface area (Å²) in [7, 11) is 0. The van der Waals surface area contributed by atoms with Crippen molar-refractivity contribution in [1.29, 1.82) is 0 Å². The smallest absolute Gasteiger partial charge is 0.265 e. The first-order valence-corrected chi connectivity index (χ1v) is 10.4. The predicted octanol–water partition coefficient (Wildman–Crippen LogP) is 1.38. The predicted molar refractivity (Wildman–Crippen MR) is 115 cm³/mol. The van der Waals surface area contributed by atoms with Crippen molar-refractivity contribution < 1.29 is 14.3 Å². The molecule has 32 heavy (non-hydrogen) atoms. The van der Waals surface area contributed by atoms with Gasteiger partial charge >= 0.3 is 0 Å². The van der Waals surface area contributed by atoms with Gasteiger partial charge in [-0.05, 0) is 29.7 Å². The molecule has 0 aliphatic carbocycles. The fourth-order valence-electron chi connectivity index (χ4n) is 3.53. The zero-order chi connectivity index (χ0) is 22.4. The minimum Gasteiger partial charge on any atom is -0.442 e. The molecule has 0 saturated heterocycles. The van der Waals surface area contributed by atoms with E-state index in [1.165, 1.54) is 27.0 Å². The molecule has 0 fully saturated rings. The number of hydrogen-bond donors (Lipinski definition) is 2. The average Bonchev–Trinajstić information content (AvgIpc) is 3.46. The van der Waals surface area contributed by atoms with Gasteiger partial charge in [0, 0.05) is 9.58 Å². The molecule has 12 heteroatoms. The summed E-state index contributed by atoms with van der Waals surface area (Å²) in [5, 5.41) is 23.8. The number of aliphatic hydroxyl groups is 1. The summed E-state index contributed by atoms with van der Waals surface area (Å²) in [4.78, 5) is 30.7. The van der Waals surface area contributed by atoms with E-state index in [9.17, 15) is 14.7 Å². The van der Waals surface area contributed by atoms with Crippen LogP contribution in [0.25, 0.3) is 21.2 Å². The molecule has 1 amide bonds. The van der Waals surface area contributed by atoms with Crippen molar-refractivity contribution in [2.75, 3.05) is 0 Å². The number of fused-ring (bicyclic) bond motifs is 2. The van der Waals surface area contributed by atoms with Gasteiger partial charge in [-0.15, -0.1) is 21.5 Å². The molecule has 0 spiro atoms. The van der Waals surface area contributed by atoms with Crippen LogP contribution in [0.1, 0.15) is 32.9 Å². The van der Waals surface area contributed by atoms with Crippen molar-refractivity contribution in [3.05, 3.63) is 69.0 Å². The number of nitrogens with two attached hydrogens (primary N) is 1. The van der Waals surface area contributed by atoms with Gasteiger partial charge in [-0.25, -0.2) is 4.98 Å². The Hall–Kier alpha value is -3.90. The van der Waals surface area contributed by atoms with Crippen LogP contribution in [-0.2, 0) is 13.1 Å². The lowest BCUT2D eigenvalue weighted by molar-refractivity contribution is 0.1000. The Labute approximate surface area is 183 Å². The highest BCUT2D eigenvalue weighted by Gasteiger charge is 2.21. The first-order chi connectivity index (χ1) is 15.4. The van der Waals surface area contributed by atoms with E-state index in [1.54, 1.807) is 6.92 Å². The molecule has 3 N–H and O–H groups in total. The molecule has 5 aromatic rings. The van der Waals surface area contributed by atoms with E-state index in [0.717, 1.165) is 15.0 Å². The molecular weight excluding hydrogens is 434 g/mol. The average molecular weight is 451 g/mol. The molecule has 162 valence electrons. The molecule has 4 aromatic heterocycles. The monoisotopic (exact) mass is 451 g/mol. The second-order valence-electron chi connectivity index (χ2n) is 7.22. The first-order valence-electron chi connectivity index (χ1n) is 9.62. The molecule has 0 aliphatic rings. The summed E-state index contributed by atoms with van der Waals surface area (Å²) >= 11 is 1.50. The maximum atomic E-state index is 12.9. The topological polar surface area (TPSA) is 155 Å². The van der Waals surface area contributed by atoms with Crippen molar-refractivity contribution in [2.24, 2.45) is 5.73 Å². The third kappa shape index (κ3) is 3.44.